The molecule has 2 nitrogen and oxygen atoms in total. The van der Waals surface area contributed by atoms with Crippen LogP contribution in [0.3, 0.4) is 0 Å². The molecule has 1 saturated carbocycles. The molecule has 2 heteroatoms. The Hall–Kier alpha value is -1.18. The smallest absolute Gasteiger partial charge is 0.143 e. The van der Waals surface area contributed by atoms with E-state index >= 15 is 0 Å². The summed E-state index contributed by atoms with van der Waals surface area (Å²) < 4.78 is 6.30. The normalized spacial score (nSPS) is 21.7. The molecule has 0 aromatic heterocycles. The maximum Gasteiger partial charge on any atom is 0.143 e. The Morgan fingerprint density at radius 2 is 2.00 bits per heavy atom. The third-order valence-corrected chi connectivity index (χ3v) is 4.05. The van der Waals surface area contributed by atoms with Crippen LogP contribution in [0.2, 0.25) is 0 Å². The number of aryl methyl sites for hydroxylation is 1. The Bertz CT molecular complexity index is 407. The predicted octanol–water partition coefficient (Wildman–Crippen LogP) is 3.76. The van der Waals surface area contributed by atoms with Gasteiger partial charge in [0.2, 0.25) is 0 Å². The maximum atomic E-state index is 6.30. The van der Waals surface area contributed by atoms with E-state index in [2.05, 4.69) is 30.4 Å². The van der Waals surface area contributed by atoms with Crippen molar-refractivity contribution in [1.82, 2.24) is 0 Å². The van der Waals surface area contributed by atoms with Crippen molar-refractivity contribution >= 4 is 5.69 Å². The van der Waals surface area contributed by atoms with Crippen LogP contribution in [-0.4, -0.2) is 12.1 Å². The number of rotatable bonds is 2. The average Bonchev–Trinajstić information content (AvgIpc) is 2.76. The predicted molar refractivity (Wildman–Crippen MR) is 70.8 cm³/mol. The van der Waals surface area contributed by atoms with Gasteiger partial charge in [-0.25, -0.2) is 0 Å². The molecule has 3 rings (SSSR count). The average molecular weight is 231 g/mol. The molecule has 0 radical (unpaired) electrons. The third-order valence-electron chi connectivity index (χ3n) is 4.05. The van der Waals surface area contributed by atoms with Crippen molar-refractivity contribution in [2.75, 3.05) is 11.9 Å². The molecule has 0 saturated heterocycles. The van der Waals surface area contributed by atoms with Crippen LogP contribution in [0.25, 0.3) is 0 Å². The van der Waals surface area contributed by atoms with Gasteiger partial charge in [0.1, 0.15) is 11.4 Å². The molecule has 2 aliphatic rings. The number of hydrogen-bond acceptors (Lipinski definition) is 2. The molecule has 17 heavy (non-hydrogen) atoms. The Kier molecular flexibility index (Phi) is 2.73. The minimum atomic E-state index is 0.0637. The van der Waals surface area contributed by atoms with Gasteiger partial charge in [-0.3, -0.25) is 0 Å². The molecule has 0 bridgehead atoms. The monoisotopic (exact) mass is 231 g/mol. The third kappa shape index (κ3) is 2.13. The van der Waals surface area contributed by atoms with E-state index in [9.17, 15) is 0 Å². The van der Waals surface area contributed by atoms with Crippen molar-refractivity contribution in [3.8, 4) is 5.75 Å². The van der Waals surface area contributed by atoms with Crippen LogP contribution >= 0.6 is 0 Å². The highest BCUT2D eigenvalue weighted by atomic mass is 16.5. The van der Waals surface area contributed by atoms with Gasteiger partial charge in [-0.2, -0.15) is 0 Å². The number of hydrogen-bond donors (Lipinski definition) is 1. The lowest BCUT2D eigenvalue weighted by atomic mass is 10.0. The van der Waals surface area contributed by atoms with Gasteiger partial charge in [-0.1, -0.05) is 12.1 Å². The molecule has 1 heterocycles. The Labute approximate surface area is 103 Å². The van der Waals surface area contributed by atoms with Gasteiger partial charge in [0.15, 0.2) is 0 Å². The van der Waals surface area contributed by atoms with Crippen LogP contribution in [0.15, 0.2) is 18.2 Å². The van der Waals surface area contributed by atoms with Crippen molar-refractivity contribution in [3.05, 3.63) is 23.8 Å². The summed E-state index contributed by atoms with van der Waals surface area (Å²) in [5, 5.41) is 3.50. The summed E-state index contributed by atoms with van der Waals surface area (Å²) in [6, 6.07) is 6.45. The number of para-hydroxylation sites is 1. The van der Waals surface area contributed by atoms with Gasteiger partial charge in [0, 0.05) is 6.54 Å². The largest absolute Gasteiger partial charge is 0.485 e. The second-order valence-corrected chi connectivity index (χ2v) is 5.58. The van der Waals surface area contributed by atoms with Crippen LogP contribution in [0.4, 0.5) is 5.69 Å². The number of anilines is 1. The van der Waals surface area contributed by atoms with Crippen LogP contribution in [-0.2, 0) is 6.42 Å². The minimum Gasteiger partial charge on any atom is -0.485 e. The van der Waals surface area contributed by atoms with E-state index in [1.807, 2.05) is 0 Å². The fraction of sp³-hybridized carbons (Fsp3) is 0.600. The molecule has 0 unspecified atom stereocenters. The zero-order chi connectivity index (χ0) is 11.7. The van der Waals surface area contributed by atoms with E-state index in [1.54, 1.807) is 0 Å². The number of fused-ring (bicyclic) bond motifs is 1. The van der Waals surface area contributed by atoms with E-state index in [4.69, 9.17) is 4.74 Å². The molecule has 0 amide bonds. The topological polar surface area (TPSA) is 21.3 Å². The lowest BCUT2D eigenvalue weighted by Gasteiger charge is -2.29. The first-order chi connectivity index (χ1) is 8.27. The fourth-order valence-electron chi connectivity index (χ4n) is 3.05. The summed E-state index contributed by atoms with van der Waals surface area (Å²) in [6.45, 7) is 3.33. The van der Waals surface area contributed by atoms with E-state index in [0.29, 0.717) is 0 Å². The van der Waals surface area contributed by atoms with Crippen LogP contribution in [0, 0.1) is 0 Å². The van der Waals surface area contributed by atoms with Gasteiger partial charge in [-0.15, -0.1) is 0 Å². The summed E-state index contributed by atoms with van der Waals surface area (Å²) in [7, 11) is 0. The zero-order valence-corrected chi connectivity index (χ0v) is 10.6. The van der Waals surface area contributed by atoms with Crippen LogP contribution in [0.1, 0.15) is 44.6 Å². The van der Waals surface area contributed by atoms with Crippen molar-refractivity contribution in [3.63, 3.8) is 0 Å². The Morgan fingerprint density at radius 1 is 1.18 bits per heavy atom. The van der Waals surface area contributed by atoms with E-state index in [0.717, 1.165) is 12.3 Å². The highest BCUT2D eigenvalue weighted by Crippen LogP contribution is 2.39. The molecular formula is C15H21NO. The van der Waals surface area contributed by atoms with Gasteiger partial charge < -0.3 is 10.1 Å². The van der Waals surface area contributed by atoms with Gasteiger partial charge in [0.05, 0.1) is 5.69 Å². The molecule has 0 spiro atoms. The molecule has 92 valence electrons. The van der Waals surface area contributed by atoms with Gasteiger partial charge >= 0.3 is 0 Å². The molecule has 1 aliphatic carbocycles. The lowest BCUT2D eigenvalue weighted by molar-refractivity contribution is 0.0975. The summed E-state index contributed by atoms with van der Waals surface area (Å²) >= 11 is 0. The quantitative estimate of drug-likeness (QED) is 0.837. The molecule has 1 aliphatic heterocycles. The van der Waals surface area contributed by atoms with Crippen LogP contribution in [0.5, 0.6) is 5.75 Å². The molecule has 0 atom stereocenters. The number of benzene rings is 1. The van der Waals surface area contributed by atoms with Crippen molar-refractivity contribution in [2.24, 2.45) is 0 Å². The summed E-state index contributed by atoms with van der Waals surface area (Å²) in [4.78, 5) is 0. The summed E-state index contributed by atoms with van der Waals surface area (Å²) in [5.74, 6) is 1.06. The first-order valence-electron chi connectivity index (χ1n) is 6.82. The van der Waals surface area contributed by atoms with Crippen molar-refractivity contribution < 1.29 is 4.74 Å². The molecule has 1 aromatic carbocycles. The van der Waals surface area contributed by atoms with E-state index in [-0.39, 0.29) is 5.60 Å². The highest BCUT2D eigenvalue weighted by Gasteiger charge is 2.31. The Morgan fingerprint density at radius 3 is 2.82 bits per heavy atom. The number of nitrogens with one attached hydrogen (secondary N) is 1. The zero-order valence-electron chi connectivity index (χ0n) is 10.6. The second-order valence-electron chi connectivity index (χ2n) is 5.58. The summed E-state index contributed by atoms with van der Waals surface area (Å²) in [5.41, 5.74) is 2.72. The Balaban J connectivity index is 1.87. The highest BCUT2D eigenvalue weighted by molar-refractivity contribution is 5.63. The van der Waals surface area contributed by atoms with E-state index in [1.165, 1.54) is 49.8 Å². The first-order valence-corrected chi connectivity index (χ1v) is 6.82. The van der Waals surface area contributed by atoms with Gasteiger partial charge in [0.25, 0.3) is 0 Å². The molecular weight excluding hydrogens is 210 g/mol. The summed E-state index contributed by atoms with van der Waals surface area (Å²) in [6.07, 6.45) is 7.40. The van der Waals surface area contributed by atoms with Gasteiger partial charge in [-0.05, 0) is 57.1 Å². The van der Waals surface area contributed by atoms with Crippen molar-refractivity contribution in [1.29, 1.82) is 0 Å². The number of ether oxygens (including phenoxy) is 1. The van der Waals surface area contributed by atoms with Crippen molar-refractivity contribution in [2.45, 2.75) is 51.0 Å². The molecule has 1 N–H and O–H groups in total. The standard InChI is InChI=1S/C15H21NO/c1-15(9-2-3-10-15)17-13-8-4-6-12-7-5-11-16-14(12)13/h4,6,8,16H,2-3,5,7,9-11H2,1H3. The maximum absolute atomic E-state index is 6.30. The lowest BCUT2D eigenvalue weighted by Crippen LogP contribution is -2.29. The SMILES string of the molecule is CC1(Oc2cccc3c2NCCC3)CCCC1. The van der Waals surface area contributed by atoms with E-state index < -0.39 is 0 Å². The molecule has 1 aromatic rings. The molecule has 1 fully saturated rings. The minimum absolute atomic E-state index is 0.0637. The van der Waals surface area contributed by atoms with Crippen LogP contribution < -0.4 is 10.1 Å². The first kappa shape index (κ1) is 10.9. The second kappa shape index (κ2) is 4.25. The fourth-order valence-corrected chi connectivity index (χ4v) is 3.05.